The van der Waals surface area contributed by atoms with Crippen LogP contribution >= 0.6 is 0 Å². The zero-order valence-electron chi connectivity index (χ0n) is 39.9. The highest BCUT2D eigenvalue weighted by atomic mass is 19.3. The Morgan fingerprint density at radius 1 is 0.905 bits per heavy atom. The second-order valence-electron chi connectivity index (χ2n) is 17.5. The number of aromatic hydroxyl groups is 1. The number of aromatic carboxylic acids is 1. The number of piperazine rings is 1. The van der Waals surface area contributed by atoms with Gasteiger partial charge in [0.1, 0.15) is 29.4 Å². The Balaban J connectivity index is 0.000000227. The number of rotatable bonds is 14. The van der Waals surface area contributed by atoms with Crippen LogP contribution in [0.5, 0.6) is 17.2 Å². The number of hydrogen-bond donors (Lipinski definition) is 4. The quantitative estimate of drug-likeness (QED) is 0.0549. The van der Waals surface area contributed by atoms with Crippen LogP contribution in [0.15, 0.2) is 112 Å². The number of carbonyl (C=O) groups excluding carboxylic acids is 4. The number of likely N-dealkylation sites (tertiary alicyclic amines) is 1. The molecular formula is C54H49F2N7O11. The van der Waals surface area contributed by atoms with Gasteiger partial charge < -0.3 is 45.0 Å². The number of alkyl halides is 2. The van der Waals surface area contributed by atoms with E-state index in [2.05, 4.69) is 15.2 Å². The lowest BCUT2D eigenvalue weighted by Crippen LogP contribution is -2.50. The van der Waals surface area contributed by atoms with Crippen molar-refractivity contribution in [2.24, 2.45) is 5.73 Å². The lowest BCUT2D eigenvalue weighted by Gasteiger charge is -2.34. The number of nitriles is 1. The highest BCUT2D eigenvalue weighted by Gasteiger charge is 2.47. The first-order valence-electron chi connectivity index (χ1n) is 23.4. The number of phenols is 1. The SMILES string of the molecule is COc1ccc(-c2ccc3nccc(C(=O)NCC(=O)N4CC(F)(F)CC4C#N)c3c2)cc1OCCCN1CCN(C(=O)CN)CC1.O=Cc1ccc(C(=O)O)c(-c2c3ccc(=O)cc-3oc3cc(O)ccc23)c1. The number of phenolic OH excluding ortho intramolecular Hbond substituents is 1. The Kier molecular flexibility index (Phi) is 15.5. The van der Waals surface area contributed by atoms with E-state index in [1.54, 1.807) is 42.3 Å². The molecule has 5 N–H and O–H groups in total. The summed E-state index contributed by atoms with van der Waals surface area (Å²) >= 11 is 0. The summed E-state index contributed by atoms with van der Waals surface area (Å²) in [5, 5.41) is 32.2. The monoisotopic (exact) mass is 1010 g/mol. The van der Waals surface area contributed by atoms with E-state index in [0.29, 0.717) is 76.0 Å². The number of carbonyl (C=O) groups is 5. The molecule has 1 aliphatic carbocycles. The first kappa shape index (κ1) is 51.6. The summed E-state index contributed by atoms with van der Waals surface area (Å²) in [7, 11) is 1.57. The number of methoxy groups -OCH3 is 1. The molecule has 1 unspecified atom stereocenters. The molecule has 2 saturated heterocycles. The number of carboxylic acids is 1. The number of carboxylic acid groups (broad SMARTS) is 1. The largest absolute Gasteiger partial charge is 0.508 e. The summed E-state index contributed by atoms with van der Waals surface area (Å²) in [5.74, 6) is -4.30. The number of nitrogens with two attached hydrogens (primary N) is 1. The van der Waals surface area contributed by atoms with Crippen LogP contribution < -0.4 is 26.0 Å². The van der Waals surface area contributed by atoms with E-state index in [0.717, 1.165) is 42.1 Å². The van der Waals surface area contributed by atoms with Gasteiger partial charge in [0.15, 0.2) is 16.9 Å². The van der Waals surface area contributed by atoms with Gasteiger partial charge in [0.05, 0.1) is 56.1 Å². The van der Waals surface area contributed by atoms with Gasteiger partial charge in [0, 0.05) is 84.9 Å². The number of amides is 3. The fourth-order valence-electron chi connectivity index (χ4n) is 9.04. The third kappa shape index (κ3) is 11.4. The molecule has 0 saturated carbocycles. The minimum atomic E-state index is -3.14. The van der Waals surface area contributed by atoms with Crippen molar-refractivity contribution in [2.75, 3.05) is 66.1 Å². The lowest BCUT2D eigenvalue weighted by molar-refractivity contribution is -0.132. The number of aromatic nitrogens is 1. The van der Waals surface area contributed by atoms with Crippen LogP contribution in [0.1, 0.15) is 43.9 Å². The molecule has 2 fully saturated rings. The number of nitrogens with zero attached hydrogens (tertiary/aromatic N) is 5. The number of ether oxygens (including phenoxy) is 2. The minimum absolute atomic E-state index is 0.00803. The molecule has 74 heavy (non-hydrogen) atoms. The average Bonchev–Trinajstić information content (AvgIpc) is 3.74. The molecule has 5 aromatic rings. The van der Waals surface area contributed by atoms with Crippen molar-refractivity contribution in [1.29, 1.82) is 5.26 Å². The van der Waals surface area contributed by atoms with Crippen molar-refractivity contribution >= 4 is 51.8 Å². The third-order valence-corrected chi connectivity index (χ3v) is 12.8. The van der Waals surface area contributed by atoms with Crippen LogP contribution in [0.25, 0.3) is 55.4 Å². The number of nitrogens with one attached hydrogen (secondary N) is 1. The maximum atomic E-state index is 13.8. The summed E-state index contributed by atoms with van der Waals surface area (Å²) in [6.45, 7) is 2.83. The Morgan fingerprint density at radius 3 is 2.41 bits per heavy atom. The van der Waals surface area contributed by atoms with Gasteiger partial charge in [-0.05, 0) is 89.8 Å². The Bertz CT molecular complexity index is 3370. The molecule has 1 atom stereocenters. The first-order chi connectivity index (χ1) is 35.6. The molecule has 3 amide bonds. The second kappa shape index (κ2) is 22.3. The molecule has 3 aliphatic heterocycles. The van der Waals surface area contributed by atoms with Crippen LogP contribution in [-0.4, -0.2) is 138 Å². The molecule has 20 heteroatoms. The van der Waals surface area contributed by atoms with Crippen LogP contribution in [0, 0.1) is 11.3 Å². The number of fused-ring (bicyclic) bond motifs is 3. The van der Waals surface area contributed by atoms with Gasteiger partial charge in [-0.3, -0.25) is 33.9 Å². The van der Waals surface area contributed by atoms with E-state index >= 15 is 0 Å². The molecule has 0 spiro atoms. The Hall–Kier alpha value is -8.80. The van der Waals surface area contributed by atoms with Crippen LogP contribution in [0.3, 0.4) is 0 Å². The molecule has 4 heterocycles. The highest BCUT2D eigenvalue weighted by Crippen LogP contribution is 2.42. The van der Waals surface area contributed by atoms with E-state index in [1.165, 1.54) is 54.7 Å². The summed E-state index contributed by atoms with van der Waals surface area (Å²) in [6.07, 6.45) is 2.16. The molecule has 0 bridgehead atoms. The van der Waals surface area contributed by atoms with Gasteiger partial charge >= 0.3 is 5.97 Å². The third-order valence-electron chi connectivity index (χ3n) is 12.8. The van der Waals surface area contributed by atoms with Crippen LogP contribution in [0.2, 0.25) is 0 Å². The van der Waals surface area contributed by atoms with E-state index in [1.807, 2.05) is 24.3 Å². The van der Waals surface area contributed by atoms with Crippen molar-refractivity contribution < 1.29 is 56.9 Å². The van der Waals surface area contributed by atoms with E-state index in [4.69, 9.17) is 19.6 Å². The van der Waals surface area contributed by atoms with Gasteiger partial charge in [0.25, 0.3) is 11.8 Å². The maximum absolute atomic E-state index is 13.8. The average molecular weight is 1010 g/mol. The van der Waals surface area contributed by atoms with Gasteiger partial charge in [-0.25, -0.2) is 13.6 Å². The van der Waals surface area contributed by atoms with E-state index in [9.17, 15) is 53.0 Å². The van der Waals surface area contributed by atoms with Crippen LogP contribution in [0.4, 0.5) is 8.78 Å². The molecule has 18 nitrogen and oxygen atoms in total. The van der Waals surface area contributed by atoms with Crippen molar-refractivity contribution in [3.05, 3.63) is 130 Å². The van der Waals surface area contributed by atoms with Gasteiger partial charge in [-0.15, -0.1) is 0 Å². The maximum Gasteiger partial charge on any atom is 0.336 e. The van der Waals surface area contributed by atoms with E-state index < -0.39 is 49.3 Å². The number of benzene rings is 5. The van der Waals surface area contributed by atoms with Crippen molar-refractivity contribution in [3.63, 3.8) is 0 Å². The van der Waals surface area contributed by atoms with Gasteiger partial charge in [-0.2, -0.15) is 5.26 Å². The normalized spacial score (nSPS) is 15.3. The Morgan fingerprint density at radius 2 is 1.68 bits per heavy atom. The molecular weight excluding hydrogens is 961 g/mol. The first-order valence-corrected chi connectivity index (χ1v) is 23.4. The second-order valence-corrected chi connectivity index (χ2v) is 17.5. The standard InChI is InChI=1S/C33H37F2N7O5.C21H12O6/c1-46-28-6-4-23(16-29(28)47-14-2-9-40-10-12-41(13-11-40)30(43)19-37)22-3-5-27-26(15-22)25(7-8-38-27)32(45)39-20-31(44)42-21-33(34,35)17-24(42)18-36;22-10-11-1-4-14(21(25)26)17(7-11)20-15-5-2-12(23)8-18(15)27-19-9-13(24)3-6-16(19)20/h3-8,15-16,24H,2,9-14,17,19-21,37H2,1H3,(H,39,45);1-10,23H,(H,25,26). The van der Waals surface area contributed by atoms with Crippen molar-refractivity contribution in [3.8, 4) is 56.9 Å². The molecule has 1 aromatic heterocycles. The summed E-state index contributed by atoms with van der Waals surface area (Å²) in [4.78, 5) is 81.6. The number of hydrogen-bond acceptors (Lipinski definition) is 14. The lowest BCUT2D eigenvalue weighted by atomic mass is 9.90. The van der Waals surface area contributed by atoms with Crippen LogP contribution in [-0.2, 0) is 9.59 Å². The number of pyridine rings is 1. The summed E-state index contributed by atoms with van der Waals surface area (Å²) < 4.78 is 45.0. The molecule has 380 valence electrons. The van der Waals surface area contributed by atoms with Crippen molar-refractivity contribution in [1.82, 2.24) is 25.0 Å². The number of aldehydes is 1. The molecule has 4 aromatic carbocycles. The van der Waals surface area contributed by atoms with E-state index in [-0.39, 0.29) is 46.1 Å². The molecule has 0 radical (unpaired) electrons. The smallest absolute Gasteiger partial charge is 0.336 e. The predicted molar refractivity (Wildman–Crippen MR) is 267 cm³/mol. The Labute approximate surface area is 421 Å². The predicted octanol–water partition coefficient (Wildman–Crippen LogP) is 6.05. The zero-order chi connectivity index (χ0) is 52.7. The van der Waals surface area contributed by atoms with Crippen molar-refractivity contribution in [2.45, 2.75) is 24.8 Å². The zero-order valence-corrected chi connectivity index (χ0v) is 39.9. The number of halogens is 2. The fraction of sp³-hybridized carbons (Fsp3) is 0.259. The highest BCUT2D eigenvalue weighted by molar-refractivity contribution is 6.09. The fourth-order valence-corrected chi connectivity index (χ4v) is 9.04. The van der Waals surface area contributed by atoms with Gasteiger partial charge in [0.2, 0.25) is 11.8 Å². The molecule has 9 rings (SSSR count). The summed E-state index contributed by atoms with van der Waals surface area (Å²) in [6, 6.07) is 26.0. The minimum Gasteiger partial charge on any atom is -0.508 e. The topological polar surface area (TPSA) is 259 Å². The van der Waals surface area contributed by atoms with Gasteiger partial charge in [-0.1, -0.05) is 18.2 Å². The molecule has 4 aliphatic rings. The summed E-state index contributed by atoms with van der Waals surface area (Å²) in [5.41, 5.74) is 9.57.